The molecule has 1 aromatic carbocycles. The average Bonchev–Trinajstić information content (AvgIpc) is 3.32. The first-order valence-electron chi connectivity index (χ1n) is 11.6. The molecular formula is C23H35N3O4S. The third kappa shape index (κ3) is 5.79. The number of benzene rings is 1. The lowest BCUT2D eigenvalue weighted by Gasteiger charge is -2.33. The normalized spacial score (nSPS) is 27.1. The first-order valence-corrected chi connectivity index (χ1v) is 13.5. The number of amides is 1. The molecule has 3 aliphatic heterocycles. The molecule has 0 N–H and O–H groups in total. The topological polar surface area (TPSA) is 70.2 Å². The number of rotatable bonds is 8. The van der Waals surface area contributed by atoms with E-state index in [-0.39, 0.29) is 23.5 Å². The number of nitrogens with zero attached hydrogens (tertiary/aromatic N) is 3. The SMILES string of the molecule is CC1CCCN1CCCOc1ccc(N2C(=O)CC[C@H]2CN2CCS(=O)(=O)CC2)cc1. The molecule has 172 valence electrons. The second-order valence-electron chi connectivity index (χ2n) is 9.13. The number of hydrogen-bond donors (Lipinski definition) is 0. The zero-order chi connectivity index (χ0) is 21.8. The Morgan fingerprint density at radius 3 is 2.48 bits per heavy atom. The molecule has 0 spiro atoms. The van der Waals surface area contributed by atoms with Gasteiger partial charge in [-0.1, -0.05) is 0 Å². The van der Waals surface area contributed by atoms with Gasteiger partial charge in [0, 0.05) is 44.3 Å². The highest BCUT2D eigenvalue weighted by Gasteiger charge is 2.34. The smallest absolute Gasteiger partial charge is 0.227 e. The van der Waals surface area contributed by atoms with Crippen LogP contribution in [-0.2, 0) is 14.6 Å². The molecule has 0 radical (unpaired) electrons. The largest absolute Gasteiger partial charge is 0.494 e. The number of likely N-dealkylation sites (tertiary alicyclic amines) is 1. The molecule has 1 amide bonds. The second kappa shape index (κ2) is 9.88. The van der Waals surface area contributed by atoms with Crippen LogP contribution in [0, 0.1) is 0 Å². The summed E-state index contributed by atoms with van der Waals surface area (Å²) in [5, 5.41) is 0. The van der Waals surface area contributed by atoms with Gasteiger partial charge in [0.1, 0.15) is 5.75 Å². The molecule has 3 saturated heterocycles. The predicted octanol–water partition coefficient (Wildman–Crippen LogP) is 2.17. The van der Waals surface area contributed by atoms with Gasteiger partial charge in [0.15, 0.2) is 9.84 Å². The summed E-state index contributed by atoms with van der Waals surface area (Å²) in [7, 11) is -2.89. The average molecular weight is 450 g/mol. The molecule has 1 aromatic rings. The van der Waals surface area contributed by atoms with Crippen LogP contribution in [0.25, 0.3) is 0 Å². The lowest BCUT2D eigenvalue weighted by Crippen LogP contribution is -2.47. The molecule has 1 unspecified atom stereocenters. The highest BCUT2D eigenvalue weighted by Crippen LogP contribution is 2.29. The number of carbonyl (C=O) groups excluding carboxylic acids is 1. The Morgan fingerprint density at radius 1 is 1.06 bits per heavy atom. The van der Waals surface area contributed by atoms with Crippen LogP contribution in [0.2, 0.25) is 0 Å². The van der Waals surface area contributed by atoms with Gasteiger partial charge in [-0.2, -0.15) is 0 Å². The van der Waals surface area contributed by atoms with Crippen molar-refractivity contribution in [3.8, 4) is 5.75 Å². The van der Waals surface area contributed by atoms with E-state index in [0.717, 1.165) is 37.4 Å². The van der Waals surface area contributed by atoms with Gasteiger partial charge in [-0.25, -0.2) is 8.42 Å². The van der Waals surface area contributed by atoms with Crippen LogP contribution >= 0.6 is 0 Å². The van der Waals surface area contributed by atoms with E-state index in [1.54, 1.807) is 0 Å². The molecule has 0 aromatic heterocycles. The van der Waals surface area contributed by atoms with Gasteiger partial charge in [-0.05, 0) is 63.4 Å². The van der Waals surface area contributed by atoms with Crippen LogP contribution in [0.4, 0.5) is 5.69 Å². The molecule has 8 heteroatoms. The lowest BCUT2D eigenvalue weighted by molar-refractivity contribution is -0.117. The molecule has 0 bridgehead atoms. The Balaban J connectivity index is 1.28. The van der Waals surface area contributed by atoms with Gasteiger partial charge in [0.25, 0.3) is 0 Å². The number of sulfone groups is 1. The Bertz CT molecular complexity index is 844. The zero-order valence-corrected chi connectivity index (χ0v) is 19.4. The Kier molecular flexibility index (Phi) is 7.19. The maximum atomic E-state index is 12.6. The van der Waals surface area contributed by atoms with Crippen molar-refractivity contribution in [3.63, 3.8) is 0 Å². The van der Waals surface area contributed by atoms with Crippen LogP contribution in [0.5, 0.6) is 5.75 Å². The molecule has 0 saturated carbocycles. The summed E-state index contributed by atoms with van der Waals surface area (Å²) in [6.45, 7) is 7.13. The molecule has 2 atom stereocenters. The summed E-state index contributed by atoms with van der Waals surface area (Å²) < 4.78 is 29.3. The maximum absolute atomic E-state index is 12.6. The van der Waals surface area contributed by atoms with E-state index in [1.807, 2.05) is 29.2 Å². The van der Waals surface area contributed by atoms with Crippen LogP contribution in [0.15, 0.2) is 24.3 Å². The minimum Gasteiger partial charge on any atom is -0.494 e. The fourth-order valence-electron chi connectivity index (χ4n) is 4.99. The molecule has 4 rings (SSSR count). The third-order valence-electron chi connectivity index (χ3n) is 6.90. The van der Waals surface area contributed by atoms with Crippen LogP contribution in [0.1, 0.15) is 39.0 Å². The monoisotopic (exact) mass is 449 g/mol. The van der Waals surface area contributed by atoms with Crippen molar-refractivity contribution >= 4 is 21.4 Å². The lowest BCUT2D eigenvalue weighted by atomic mass is 10.2. The second-order valence-corrected chi connectivity index (χ2v) is 11.4. The molecular weight excluding hydrogens is 414 g/mol. The van der Waals surface area contributed by atoms with Gasteiger partial charge >= 0.3 is 0 Å². The minimum atomic E-state index is -2.89. The summed E-state index contributed by atoms with van der Waals surface area (Å²) in [5.41, 5.74) is 0.898. The van der Waals surface area contributed by atoms with Gasteiger partial charge in [-0.3, -0.25) is 9.69 Å². The fourth-order valence-corrected chi connectivity index (χ4v) is 6.26. The van der Waals surface area contributed by atoms with Crippen molar-refractivity contribution in [1.82, 2.24) is 9.80 Å². The number of hydrogen-bond acceptors (Lipinski definition) is 6. The van der Waals surface area contributed by atoms with Gasteiger partial charge in [-0.15, -0.1) is 0 Å². The molecule has 31 heavy (non-hydrogen) atoms. The van der Waals surface area contributed by atoms with E-state index in [2.05, 4.69) is 16.7 Å². The standard InChI is InChI=1S/C23H35N3O4S/c1-19-4-2-11-25(19)12-3-15-30-22-8-5-20(6-9-22)26-21(7-10-23(26)27)18-24-13-16-31(28,29)17-14-24/h5-6,8-9,19,21H,2-4,7,10-18H2,1H3/t19?,21-/m0/s1. The van der Waals surface area contributed by atoms with Crippen LogP contribution < -0.4 is 9.64 Å². The van der Waals surface area contributed by atoms with Gasteiger partial charge in [0.05, 0.1) is 24.2 Å². The summed E-state index contributed by atoms with van der Waals surface area (Å²) in [5.74, 6) is 1.41. The van der Waals surface area contributed by atoms with Crippen molar-refractivity contribution in [3.05, 3.63) is 24.3 Å². The van der Waals surface area contributed by atoms with Gasteiger partial charge < -0.3 is 14.5 Å². The number of ether oxygens (including phenoxy) is 1. The highest BCUT2D eigenvalue weighted by molar-refractivity contribution is 7.91. The van der Waals surface area contributed by atoms with E-state index in [0.29, 0.717) is 32.2 Å². The third-order valence-corrected chi connectivity index (χ3v) is 8.50. The van der Waals surface area contributed by atoms with Crippen molar-refractivity contribution in [2.24, 2.45) is 0 Å². The summed E-state index contributed by atoms with van der Waals surface area (Å²) in [6, 6.07) is 8.62. The van der Waals surface area contributed by atoms with Crippen molar-refractivity contribution < 1.29 is 17.9 Å². The van der Waals surface area contributed by atoms with Crippen LogP contribution in [0.3, 0.4) is 0 Å². The quantitative estimate of drug-likeness (QED) is 0.567. The van der Waals surface area contributed by atoms with Crippen molar-refractivity contribution in [2.45, 2.75) is 51.1 Å². The Labute approximate surface area is 186 Å². The minimum absolute atomic E-state index is 0.0996. The molecule has 0 aliphatic carbocycles. The highest BCUT2D eigenvalue weighted by atomic mass is 32.2. The van der Waals surface area contributed by atoms with Crippen molar-refractivity contribution in [2.75, 3.05) is 55.7 Å². The number of anilines is 1. The molecule has 3 aliphatic rings. The van der Waals surface area contributed by atoms with E-state index in [4.69, 9.17) is 4.74 Å². The fraction of sp³-hybridized carbons (Fsp3) is 0.696. The van der Waals surface area contributed by atoms with E-state index >= 15 is 0 Å². The van der Waals surface area contributed by atoms with Crippen molar-refractivity contribution in [1.29, 1.82) is 0 Å². The van der Waals surface area contributed by atoms with E-state index < -0.39 is 9.84 Å². The summed E-state index contributed by atoms with van der Waals surface area (Å²) in [6.07, 6.45) is 4.98. The Morgan fingerprint density at radius 2 is 1.81 bits per heavy atom. The maximum Gasteiger partial charge on any atom is 0.227 e. The molecule has 3 heterocycles. The number of carbonyl (C=O) groups is 1. The van der Waals surface area contributed by atoms with Gasteiger partial charge in [0.2, 0.25) is 5.91 Å². The predicted molar refractivity (Wildman–Crippen MR) is 122 cm³/mol. The first kappa shape index (κ1) is 22.6. The zero-order valence-electron chi connectivity index (χ0n) is 18.5. The molecule has 3 fully saturated rings. The van der Waals surface area contributed by atoms with E-state index in [1.165, 1.54) is 19.4 Å². The molecule has 7 nitrogen and oxygen atoms in total. The van der Waals surface area contributed by atoms with E-state index in [9.17, 15) is 13.2 Å². The Hall–Kier alpha value is -1.64. The summed E-state index contributed by atoms with van der Waals surface area (Å²) >= 11 is 0. The summed E-state index contributed by atoms with van der Waals surface area (Å²) in [4.78, 5) is 19.2. The van der Waals surface area contributed by atoms with Crippen LogP contribution in [-0.4, -0.2) is 87.0 Å². The first-order chi connectivity index (χ1) is 14.9.